The van der Waals surface area contributed by atoms with Crippen LogP contribution in [0, 0.1) is 5.92 Å². The van der Waals surface area contributed by atoms with Crippen LogP contribution in [0.25, 0.3) is 0 Å². The van der Waals surface area contributed by atoms with Crippen molar-refractivity contribution in [2.75, 3.05) is 72.8 Å². The molecule has 4 rings (SSSR count). The molecule has 0 saturated carbocycles. The first-order chi connectivity index (χ1) is 13.9. The van der Waals surface area contributed by atoms with Gasteiger partial charge in [0.05, 0.1) is 50.2 Å². The van der Waals surface area contributed by atoms with Gasteiger partial charge >= 0.3 is 0 Å². The van der Waals surface area contributed by atoms with Crippen molar-refractivity contribution in [3.05, 3.63) is 0 Å². The Morgan fingerprint density at radius 3 is 2.72 bits per heavy atom. The molecule has 0 N–H and O–H groups in total. The summed E-state index contributed by atoms with van der Waals surface area (Å²) in [5.41, 5.74) is 0.338. The molecule has 0 aliphatic carbocycles. The summed E-state index contributed by atoms with van der Waals surface area (Å²) in [7, 11) is 2.26. The van der Waals surface area contributed by atoms with E-state index in [4.69, 9.17) is 14.2 Å². The maximum absolute atomic E-state index is 6.45. The molecule has 29 heavy (non-hydrogen) atoms. The van der Waals surface area contributed by atoms with Gasteiger partial charge in [0.1, 0.15) is 0 Å². The lowest BCUT2D eigenvalue weighted by molar-refractivity contribution is -0.114. The van der Waals surface area contributed by atoms with Crippen LogP contribution >= 0.6 is 0 Å². The number of hydrogen-bond acceptors (Lipinski definition) is 6. The number of rotatable bonds is 8. The first kappa shape index (κ1) is 22.0. The fraction of sp³-hybridized carbons (Fsp3) is 1.00. The molecule has 4 heterocycles. The van der Waals surface area contributed by atoms with Crippen LogP contribution in [0.4, 0.5) is 0 Å². The van der Waals surface area contributed by atoms with E-state index in [-0.39, 0.29) is 17.2 Å². The number of fused-ring (bicyclic) bond motifs is 2. The Bertz CT molecular complexity index is 547. The predicted octanol–water partition coefficient (Wildman–Crippen LogP) is 2.08. The van der Waals surface area contributed by atoms with Gasteiger partial charge in [-0.05, 0) is 59.0 Å². The van der Waals surface area contributed by atoms with Crippen LogP contribution < -0.4 is 0 Å². The highest BCUT2D eigenvalue weighted by atomic mass is 16.5. The highest BCUT2D eigenvalue weighted by Crippen LogP contribution is 2.40. The summed E-state index contributed by atoms with van der Waals surface area (Å²) in [5.74, 6) is 0.543. The first-order valence-corrected chi connectivity index (χ1v) is 11.9. The lowest BCUT2D eigenvalue weighted by atomic mass is 9.94. The molecule has 4 aliphatic rings. The van der Waals surface area contributed by atoms with E-state index in [0.717, 1.165) is 46.1 Å². The Labute approximate surface area is 177 Å². The molecule has 6 heteroatoms. The summed E-state index contributed by atoms with van der Waals surface area (Å²) in [6.45, 7) is 16.7. The van der Waals surface area contributed by atoms with E-state index in [9.17, 15) is 0 Å². The number of nitrogens with zero attached hydrogens (tertiary/aromatic N) is 3. The molecule has 6 nitrogen and oxygen atoms in total. The average molecular weight is 410 g/mol. The Morgan fingerprint density at radius 2 is 1.90 bits per heavy atom. The van der Waals surface area contributed by atoms with Crippen molar-refractivity contribution in [3.63, 3.8) is 0 Å². The number of hydrogen-bond donors (Lipinski definition) is 0. The SMILES string of the molecule is CC(C)OCC12CCC(C(C)COCC34CCCN3CCN(C)C4)N1CCOC2. The summed E-state index contributed by atoms with van der Waals surface area (Å²) in [5, 5.41) is 0. The van der Waals surface area contributed by atoms with Crippen molar-refractivity contribution < 1.29 is 14.2 Å². The van der Waals surface area contributed by atoms with Crippen LogP contribution in [0.15, 0.2) is 0 Å². The molecule has 4 atom stereocenters. The van der Waals surface area contributed by atoms with Gasteiger partial charge in [-0.2, -0.15) is 0 Å². The topological polar surface area (TPSA) is 37.4 Å². The molecule has 4 saturated heterocycles. The van der Waals surface area contributed by atoms with Gasteiger partial charge in [0.15, 0.2) is 0 Å². The van der Waals surface area contributed by atoms with Crippen molar-refractivity contribution in [2.45, 2.75) is 69.7 Å². The molecule has 168 valence electrons. The fourth-order valence-electron chi connectivity index (χ4n) is 6.31. The van der Waals surface area contributed by atoms with Crippen LogP contribution in [0.5, 0.6) is 0 Å². The monoisotopic (exact) mass is 409 g/mol. The number of likely N-dealkylation sites (N-methyl/N-ethyl adjacent to an activating group) is 1. The molecule has 4 unspecified atom stereocenters. The molecule has 0 bridgehead atoms. The molecular weight excluding hydrogens is 366 g/mol. The number of piperazine rings is 1. The third-order valence-corrected chi connectivity index (χ3v) is 7.91. The lowest BCUT2D eigenvalue weighted by Gasteiger charge is -2.47. The van der Waals surface area contributed by atoms with Gasteiger partial charge in [0.25, 0.3) is 0 Å². The molecule has 0 aromatic carbocycles. The maximum Gasteiger partial charge on any atom is 0.0682 e. The molecule has 0 spiro atoms. The van der Waals surface area contributed by atoms with Crippen LogP contribution in [0.1, 0.15) is 46.5 Å². The molecule has 4 aliphatic heterocycles. The van der Waals surface area contributed by atoms with E-state index in [1.54, 1.807) is 0 Å². The van der Waals surface area contributed by atoms with Gasteiger partial charge < -0.3 is 19.1 Å². The second-order valence-corrected chi connectivity index (χ2v) is 10.5. The quantitative estimate of drug-likeness (QED) is 0.611. The van der Waals surface area contributed by atoms with Crippen molar-refractivity contribution in [3.8, 4) is 0 Å². The maximum atomic E-state index is 6.45. The molecule has 0 amide bonds. The molecule has 0 aromatic heterocycles. The third-order valence-electron chi connectivity index (χ3n) is 7.91. The number of ether oxygens (including phenoxy) is 3. The van der Waals surface area contributed by atoms with Gasteiger partial charge in [-0.25, -0.2) is 0 Å². The minimum absolute atomic E-state index is 0.0778. The first-order valence-electron chi connectivity index (χ1n) is 11.9. The van der Waals surface area contributed by atoms with Gasteiger partial charge in [-0.3, -0.25) is 9.80 Å². The molecule has 4 fully saturated rings. The van der Waals surface area contributed by atoms with Crippen molar-refractivity contribution in [2.24, 2.45) is 5.92 Å². The molecule has 0 radical (unpaired) electrons. The van der Waals surface area contributed by atoms with E-state index in [0.29, 0.717) is 12.0 Å². The summed E-state index contributed by atoms with van der Waals surface area (Å²) in [6, 6.07) is 0.584. The van der Waals surface area contributed by atoms with Gasteiger partial charge in [0.2, 0.25) is 0 Å². The normalized spacial score (nSPS) is 37.8. The molecular formula is C23H43N3O3. The zero-order valence-corrected chi connectivity index (χ0v) is 19.2. The van der Waals surface area contributed by atoms with E-state index >= 15 is 0 Å². The second-order valence-electron chi connectivity index (χ2n) is 10.5. The van der Waals surface area contributed by atoms with Gasteiger partial charge in [-0.15, -0.1) is 0 Å². The highest BCUT2D eigenvalue weighted by Gasteiger charge is 2.50. The number of morpholine rings is 1. The highest BCUT2D eigenvalue weighted by molar-refractivity contribution is 5.04. The zero-order valence-electron chi connectivity index (χ0n) is 19.2. The van der Waals surface area contributed by atoms with E-state index in [2.05, 4.69) is 42.5 Å². The van der Waals surface area contributed by atoms with Gasteiger partial charge in [0, 0.05) is 32.2 Å². The van der Waals surface area contributed by atoms with E-state index in [1.807, 2.05) is 0 Å². The van der Waals surface area contributed by atoms with Crippen molar-refractivity contribution in [1.29, 1.82) is 0 Å². The Hall–Kier alpha value is -0.240. The van der Waals surface area contributed by atoms with E-state index < -0.39 is 0 Å². The Morgan fingerprint density at radius 1 is 1.03 bits per heavy atom. The summed E-state index contributed by atoms with van der Waals surface area (Å²) in [4.78, 5) is 7.90. The van der Waals surface area contributed by atoms with Crippen LogP contribution in [-0.2, 0) is 14.2 Å². The minimum atomic E-state index is 0.0778. The van der Waals surface area contributed by atoms with Gasteiger partial charge in [-0.1, -0.05) is 6.92 Å². The lowest BCUT2D eigenvalue weighted by Crippen LogP contribution is -2.61. The van der Waals surface area contributed by atoms with Crippen molar-refractivity contribution in [1.82, 2.24) is 14.7 Å². The smallest absolute Gasteiger partial charge is 0.0682 e. The van der Waals surface area contributed by atoms with Crippen LogP contribution in [-0.4, -0.2) is 111 Å². The summed E-state index contributed by atoms with van der Waals surface area (Å²) < 4.78 is 18.4. The van der Waals surface area contributed by atoms with Crippen LogP contribution in [0.3, 0.4) is 0 Å². The zero-order chi connectivity index (χ0) is 20.5. The molecule has 0 aromatic rings. The second kappa shape index (κ2) is 9.09. The Balaban J connectivity index is 1.32. The Kier molecular flexibility index (Phi) is 6.89. The van der Waals surface area contributed by atoms with Crippen molar-refractivity contribution >= 4 is 0 Å². The standard InChI is InChI=1S/C23H43N3O3/c1-19(2)29-18-23-8-6-21(26(23)12-13-27-17-23)20(3)14-28-16-22-7-5-9-25(22)11-10-24(4)15-22/h19-21H,5-18H2,1-4H3. The van der Waals surface area contributed by atoms with Crippen LogP contribution in [0.2, 0.25) is 0 Å². The van der Waals surface area contributed by atoms with E-state index in [1.165, 1.54) is 45.3 Å². The average Bonchev–Trinajstić information content (AvgIpc) is 3.28. The third kappa shape index (κ3) is 4.53. The predicted molar refractivity (Wildman–Crippen MR) is 115 cm³/mol. The summed E-state index contributed by atoms with van der Waals surface area (Å²) >= 11 is 0. The minimum Gasteiger partial charge on any atom is -0.379 e. The fourth-order valence-corrected chi connectivity index (χ4v) is 6.31. The summed E-state index contributed by atoms with van der Waals surface area (Å²) in [6.07, 6.45) is 5.29. The largest absolute Gasteiger partial charge is 0.379 e.